The first-order valence-electron chi connectivity index (χ1n) is 12.1. The summed E-state index contributed by atoms with van der Waals surface area (Å²) in [5, 5.41) is 3.08. The van der Waals surface area contributed by atoms with Crippen molar-refractivity contribution in [2.24, 2.45) is 0 Å². The van der Waals surface area contributed by atoms with Gasteiger partial charge in [-0.15, -0.1) is 0 Å². The quantitative estimate of drug-likeness (QED) is 0.220. The number of ether oxygens (including phenoxy) is 3. The molecule has 2 amide bonds. The van der Waals surface area contributed by atoms with Crippen LogP contribution in [0.15, 0.2) is 59.5 Å². The topological polar surface area (TPSA) is 77.1 Å². The Labute approximate surface area is 242 Å². The van der Waals surface area contributed by atoms with E-state index >= 15 is 0 Å². The molecule has 0 atom stereocenters. The molecule has 0 aliphatic carbocycles. The van der Waals surface area contributed by atoms with Crippen molar-refractivity contribution in [2.75, 3.05) is 30.5 Å². The van der Waals surface area contributed by atoms with Gasteiger partial charge in [0.25, 0.3) is 11.8 Å². The summed E-state index contributed by atoms with van der Waals surface area (Å²) in [7, 11) is 1.48. The SMILES string of the molecule is CCOc1ccc(N2C(=O)/C(=C/c3cc(Cl)c(OCC(=O)Nc4ccc(C)cc4C)c(OC)c3)SC2=S)cc1. The predicted octanol–water partition coefficient (Wildman–Crippen LogP) is 6.79. The molecule has 3 aromatic rings. The first-order valence-corrected chi connectivity index (χ1v) is 13.7. The second kappa shape index (κ2) is 12.5. The number of hydrogen-bond donors (Lipinski definition) is 1. The van der Waals surface area contributed by atoms with Gasteiger partial charge in [0.15, 0.2) is 22.4 Å². The largest absolute Gasteiger partial charge is 0.494 e. The molecule has 4 rings (SSSR count). The molecule has 1 saturated heterocycles. The van der Waals surface area contributed by atoms with Gasteiger partial charge in [0.2, 0.25) is 0 Å². The number of thiocarbonyl (C=S) groups is 1. The third-order valence-electron chi connectivity index (χ3n) is 5.75. The van der Waals surface area contributed by atoms with E-state index in [0.29, 0.717) is 44.3 Å². The maximum Gasteiger partial charge on any atom is 0.270 e. The van der Waals surface area contributed by atoms with Crippen LogP contribution in [0.4, 0.5) is 11.4 Å². The first kappa shape index (κ1) is 28.5. The zero-order valence-corrected chi connectivity index (χ0v) is 24.3. The number of nitrogens with zero attached hydrogens (tertiary/aromatic N) is 1. The Bertz CT molecular complexity index is 1460. The van der Waals surface area contributed by atoms with Crippen LogP contribution in [0, 0.1) is 13.8 Å². The van der Waals surface area contributed by atoms with Crippen molar-refractivity contribution in [2.45, 2.75) is 20.8 Å². The van der Waals surface area contributed by atoms with Crippen molar-refractivity contribution in [1.82, 2.24) is 0 Å². The smallest absolute Gasteiger partial charge is 0.270 e. The molecule has 0 bridgehead atoms. The Morgan fingerprint density at radius 2 is 1.85 bits per heavy atom. The Balaban J connectivity index is 1.48. The van der Waals surface area contributed by atoms with E-state index in [2.05, 4.69) is 5.32 Å². The lowest BCUT2D eigenvalue weighted by Gasteiger charge is -2.15. The van der Waals surface area contributed by atoms with Gasteiger partial charge < -0.3 is 19.5 Å². The molecule has 7 nitrogen and oxygen atoms in total. The highest BCUT2D eigenvalue weighted by molar-refractivity contribution is 8.27. The van der Waals surface area contributed by atoms with Crippen LogP contribution in [0.5, 0.6) is 17.2 Å². The van der Waals surface area contributed by atoms with Crippen LogP contribution in [-0.2, 0) is 9.59 Å². The number of thioether (sulfide) groups is 1. The van der Waals surface area contributed by atoms with Crippen LogP contribution in [0.1, 0.15) is 23.6 Å². The molecule has 0 spiro atoms. The summed E-state index contributed by atoms with van der Waals surface area (Å²) in [6, 6.07) is 16.3. The number of rotatable bonds is 9. The lowest BCUT2D eigenvalue weighted by Crippen LogP contribution is -2.27. The summed E-state index contributed by atoms with van der Waals surface area (Å²) in [5.74, 6) is 0.702. The summed E-state index contributed by atoms with van der Waals surface area (Å²) in [6.45, 7) is 6.12. The number of carbonyl (C=O) groups excluding carboxylic acids is 2. The van der Waals surface area contributed by atoms with Crippen molar-refractivity contribution in [3.63, 3.8) is 0 Å². The summed E-state index contributed by atoms with van der Waals surface area (Å²) in [5.41, 5.74) is 4.05. The number of halogens is 1. The number of benzene rings is 3. The van der Waals surface area contributed by atoms with Crippen molar-refractivity contribution in [1.29, 1.82) is 0 Å². The van der Waals surface area contributed by atoms with E-state index in [0.717, 1.165) is 11.1 Å². The normalized spacial score (nSPS) is 14.1. The summed E-state index contributed by atoms with van der Waals surface area (Å²) >= 11 is 13.2. The molecule has 0 aromatic heterocycles. The van der Waals surface area contributed by atoms with Crippen LogP contribution in [-0.4, -0.2) is 36.5 Å². The van der Waals surface area contributed by atoms with Gasteiger partial charge in [-0.25, -0.2) is 0 Å². The zero-order valence-electron chi connectivity index (χ0n) is 21.9. The molecule has 0 radical (unpaired) electrons. The summed E-state index contributed by atoms with van der Waals surface area (Å²) < 4.78 is 17.1. The first-order chi connectivity index (χ1) is 18.7. The van der Waals surface area contributed by atoms with Crippen molar-refractivity contribution >= 4 is 69.2 Å². The Kier molecular flexibility index (Phi) is 9.16. The predicted molar refractivity (Wildman–Crippen MR) is 161 cm³/mol. The Morgan fingerprint density at radius 1 is 1.10 bits per heavy atom. The zero-order chi connectivity index (χ0) is 28.1. The molecule has 1 heterocycles. The highest BCUT2D eigenvalue weighted by atomic mass is 35.5. The number of aryl methyl sites for hydroxylation is 2. The van der Waals surface area contributed by atoms with Gasteiger partial charge in [-0.3, -0.25) is 14.5 Å². The van der Waals surface area contributed by atoms with E-state index in [1.54, 1.807) is 42.5 Å². The molecule has 1 aliphatic rings. The lowest BCUT2D eigenvalue weighted by molar-refractivity contribution is -0.118. The van der Waals surface area contributed by atoms with Gasteiger partial charge in [0, 0.05) is 5.69 Å². The lowest BCUT2D eigenvalue weighted by atomic mass is 10.1. The third-order valence-corrected chi connectivity index (χ3v) is 7.34. The molecule has 3 aromatic carbocycles. The fourth-order valence-electron chi connectivity index (χ4n) is 3.94. The molecule has 10 heteroatoms. The van der Waals surface area contributed by atoms with Crippen LogP contribution in [0.3, 0.4) is 0 Å². The molecule has 0 unspecified atom stereocenters. The summed E-state index contributed by atoms with van der Waals surface area (Å²) in [6.07, 6.45) is 1.69. The van der Waals surface area contributed by atoms with Gasteiger partial charge in [-0.2, -0.15) is 0 Å². The average molecular weight is 583 g/mol. The number of hydrogen-bond acceptors (Lipinski definition) is 7. The van der Waals surface area contributed by atoms with Gasteiger partial charge in [-0.1, -0.05) is 53.3 Å². The number of carbonyl (C=O) groups is 2. The average Bonchev–Trinajstić information content (AvgIpc) is 3.17. The minimum absolute atomic E-state index is 0.231. The van der Waals surface area contributed by atoms with Gasteiger partial charge in [0.05, 0.1) is 29.3 Å². The standard InChI is InChI=1S/C29H27ClN2O5S2/c1-5-36-21-9-7-20(8-10-21)32-28(34)25(39-29(32)38)15-19-13-22(30)27(24(14-19)35-4)37-16-26(33)31-23-11-6-17(2)12-18(23)3/h6-15H,5,16H2,1-4H3,(H,31,33)/b25-15-. The second-order valence-corrected chi connectivity index (χ2v) is 10.7. The van der Waals surface area contributed by atoms with Crippen LogP contribution >= 0.6 is 35.6 Å². The van der Waals surface area contributed by atoms with Crippen LogP contribution < -0.4 is 24.4 Å². The van der Waals surface area contributed by atoms with E-state index in [-0.39, 0.29) is 29.2 Å². The number of amides is 2. The maximum absolute atomic E-state index is 13.2. The summed E-state index contributed by atoms with van der Waals surface area (Å²) in [4.78, 5) is 27.6. The maximum atomic E-state index is 13.2. The van der Waals surface area contributed by atoms with E-state index in [4.69, 9.17) is 38.0 Å². The minimum atomic E-state index is -0.331. The second-order valence-electron chi connectivity index (χ2n) is 8.63. The van der Waals surface area contributed by atoms with E-state index in [1.165, 1.54) is 23.8 Å². The van der Waals surface area contributed by atoms with Crippen LogP contribution in [0.25, 0.3) is 6.08 Å². The fourth-order valence-corrected chi connectivity index (χ4v) is 5.51. The molecule has 202 valence electrons. The van der Waals surface area contributed by atoms with E-state index in [9.17, 15) is 9.59 Å². The molecular weight excluding hydrogens is 556 g/mol. The van der Waals surface area contributed by atoms with Crippen molar-refractivity contribution < 1.29 is 23.8 Å². The number of nitrogens with one attached hydrogen (secondary N) is 1. The monoisotopic (exact) mass is 582 g/mol. The molecule has 1 N–H and O–H groups in total. The number of anilines is 2. The molecule has 0 saturated carbocycles. The number of methoxy groups -OCH3 is 1. The molecule has 1 aliphatic heterocycles. The van der Waals surface area contributed by atoms with Gasteiger partial charge >= 0.3 is 0 Å². The molecular formula is C29H27ClN2O5S2. The Morgan fingerprint density at radius 3 is 2.51 bits per heavy atom. The highest BCUT2D eigenvalue weighted by Gasteiger charge is 2.33. The van der Waals surface area contributed by atoms with Crippen molar-refractivity contribution in [3.8, 4) is 17.2 Å². The third kappa shape index (κ3) is 6.73. The van der Waals surface area contributed by atoms with E-state index < -0.39 is 0 Å². The molecule has 39 heavy (non-hydrogen) atoms. The van der Waals surface area contributed by atoms with E-state index in [1.807, 2.05) is 39.0 Å². The minimum Gasteiger partial charge on any atom is -0.494 e. The highest BCUT2D eigenvalue weighted by Crippen LogP contribution is 2.40. The van der Waals surface area contributed by atoms with Crippen molar-refractivity contribution in [3.05, 3.63) is 81.2 Å². The molecule has 1 fully saturated rings. The Hall–Kier alpha value is -3.53. The fraction of sp³-hybridized carbons (Fsp3) is 0.207. The van der Waals surface area contributed by atoms with Gasteiger partial charge in [0.1, 0.15) is 5.75 Å². The van der Waals surface area contributed by atoms with Crippen LogP contribution in [0.2, 0.25) is 5.02 Å². The van der Waals surface area contributed by atoms with Gasteiger partial charge in [-0.05, 0) is 80.4 Å².